The lowest BCUT2D eigenvalue weighted by molar-refractivity contribution is -0.117. The van der Waals surface area contributed by atoms with Gasteiger partial charge in [0.1, 0.15) is 5.75 Å². The van der Waals surface area contributed by atoms with Crippen LogP contribution in [0.5, 0.6) is 5.75 Å². The molecule has 2 aromatic rings. The van der Waals surface area contributed by atoms with E-state index in [9.17, 15) is 9.90 Å². The molecule has 31 heavy (non-hydrogen) atoms. The summed E-state index contributed by atoms with van der Waals surface area (Å²) in [5.41, 5.74) is 4.15. The summed E-state index contributed by atoms with van der Waals surface area (Å²) in [7, 11) is 0. The number of rotatable bonds is 5. The minimum atomic E-state index is -0.178. The summed E-state index contributed by atoms with van der Waals surface area (Å²) < 4.78 is 5.40. The van der Waals surface area contributed by atoms with Crippen LogP contribution in [-0.2, 0) is 21.4 Å². The molecule has 0 aliphatic carbocycles. The zero-order chi connectivity index (χ0) is 22.0. The number of amides is 1. The molecule has 1 N–H and O–H groups in total. The van der Waals surface area contributed by atoms with Gasteiger partial charge in [-0.25, -0.2) is 0 Å². The number of carbonyl (C=O) groups excluding carboxylic acids is 1. The molecule has 1 fully saturated rings. The molecule has 0 radical (unpaired) electrons. The largest absolute Gasteiger partial charge is 0.508 e. The van der Waals surface area contributed by atoms with E-state index < -0.39 is 0 Å². The van der Waals surface area contributed by atoms with Crippen molar-refractivity contribution in [2.45, 2.75) is 44.3 Å². The van der Waals surface area contributed by atoms with Gasteiger partial charge >= 0.3 is 0 Å². The predicted molar refractivity (Wildman–Crippen MR) is 127 cm³/mol. The van der Waals surface area contributed by atoms with Crippen LogP contribution < -0.4 is 0 Å². The standard InChI is InChI=1S/C25H30N2O3S/c1-4-25(2,3)20-16-19(8-9-21(20)28)18-7-5-6-17(14-18)15-22-23(29)26-24(31-22)27-10-12-30-13-11-27/h5-9,14,16,22,28H,4,10-13,15H2,1-3H3. The van der Waals surface area contributed by atoms with Crippen LogP contribution in [0.15, 0.2) is 47.5 Å². The highest BCUT2D eigenvalue weighted by Crippen LogP contribution is 2.37. The van der Waals surface area contributed by atoms with Crippen molar-refractivity contribution in [3.8, 4) is 16.9 Å². The first-order chi connectivity index (χ1) is 14.9. The molecule has 2 aliphatic rings. The summed E-state index contributed by atoms with van der Waals surface area (Å²) in [6.45, 7) is 9.38. The van der Waals surface area contributed by atoms with E-state index in [1.165, 1.54) is 0 Å². The number of phenolic OH excluding ortho intramolecular Hbond substituents is 1. The molecule has 1 amide bonds. The summed E-state index contributed by atoms with van der Waals surface area (Å²) in [5, 5.41) is 11.0. The predicted octanol–water partition coefficient (Wildman–Crippen LogP) is 4.62. The number of nitrogens with zero attached hydrogens (tertiary/aromatic N) is 2. The molecule has 1 unspecified atom stereocenters. The lowest BCUT2D eigenvalue weighted by Gasteiger charge is -2.27. The van der Waals surface area contributed by atoms with Gasteiger partial charge in [-0.05, 0) is 47.1 Å². The molecule has 2 aromatic carbocycles. The summed E-state index contributed by atoms with van der Waals surface area (Å²) in [6, 6.07) is 14.2. The molecule has 2 heterocycles. The van der Waals surface area contributed by atoms with Gasteiger partial charge in [0.2, 0.25) is 0 Å². The molecule has 0 bridgehead atoms. The Hall–Kier alpha value is -2.31. The fourth-order valence-electron chi connectivity index (χ4n) is 3.94. The van der Waals surface area contributed by atoms with E-state index in [0.717, 1.165) is 46.9 Å². The number of aliphatic imine (C=N–C) groups is 1. The Balaban J connectivity index is 1.51. The average Bonchev–Trinajstić information content (AvgIpc) is 3.15. The highest BCUT2D eigenvalue weighted by molar-refractivity contribution is 8.15. The Morgan fingerprint density at radius 1 is 1.16 bits per heavy atom. The number of thioether (sulfide) groups is 1. The molecule has 4 rings (SSSR count). The Kier molecular flexibility index (Phi) is 6.39. The minimum absolute atomic E-state index is 0.0477. The van der Waals surface area contributed by atoms with E-state index in [4.69, 9.17) is 4.74 Å². The second-order valence-corrected chi connectivity index (χ2v) is 9.98. The maximum absolute atomic E-state index is 12.5. The van der Waals surface area contributed by atoms with Crippen molar-refractivity contribution in [2.24, 2.45) is 4.99 Å². The van der Waals surface area contributed by atoms with Gasteiger partial charge in [0.15, 0.2) is 5.17 Å². The summed E-state index contributed by atoms with van der Waals surface area (Å²) in [4.78, 5) is 19.0. The molecule has 5 nitrogen and oxygen atoms in total. The first-order valence-electron chi connectivity index (χ1n) is 10.9. The number of aromatic hydroxyl groups is 1. The van der Waals surface area contributed by atoms with E-state index >= 15 is 0 Å². The Bertz CT molecular complexity index is 996. The number of hydrogen-bond acceptors (Lipinski definition) is 5. The zero-order valence-electron chi connectivity index (χ0n) is 18.4. The smallest absolute Gasteiger partial charge is 0.262 e. The van der Waals surface area contributed by atoms with Crippen molar-refractivity contribution < 1.29 is 14.6 Å². The van der Waals surface area contributed by atoms with Crippen LogP contribution >= 0.6 is 11.8 Å². The Labute approximate surface area is 188 Å². The van der Waals surface area contributed by atoms with E-state index in [0.29, 0.717) is 25.4 Å². The quantitative estimate of drug-likeness (QED) is 0.738. The fourth-order valence-corrected chi connectivity index (χ4v) is 5.10. The summed E-state index contributed by atoms with van der Waals surface area (Å²) in [6.07, 6.45) is 1.59. The molecular formula is C25H30N2O3S. The van der Waals surface area contributed by atoms with E-state index in [-0.39, 0.29) is 16.6 Å². The minimum Gasteiger partial charge on any atom is -0.508 e. The van der Waals surface area contributed by atoms with E-state index in [1.807, 2.05) is 12.1 Å². The van der Waals surface area contributed by atoms with Crippen LogP contribution in [0.1, 0.15) is 38.3 Å². The van der Waals surface area contributed by atoms with Crippen LogP contribution in [0.25, 0.3) is 11.1 Å². The van der Waals surface area contributed by atoms with E-state index in [1.54, 1.807) is 17.8 Å². The van der Waals surface area contributed by atoms with Crippen molar-refractivity contribution in [2.75, 3.05) is 26.3 Å². The van der Waals surface area contributed by atoms with Crippen molar-refractivity contribution in [1.82, 2.24) is 4.90 Å². The third kappa shape index (κ3) is 4.80. The van der Waals surface area contributed by atoms with Crippen molar-refractivity contribution in [3.63, 3.8) is 0 Å². The molecule has 6 heteroatoms. The number of ether oxygens (including phenoxy) is 1. The first-order valence-corrected chi connectivity index (χ1v) is 11.8. The van der Waals surface area contributed by atoms with Gasteiger partial charge in [0, 0.05) is 18.7 Å². The third-order valence-corrected chi connectivity index (χ3v) is 7.51. The molecule has 0 aromatic heterocycles. The van der Waals surface area contributed by atoms with Gasteiger partial charge in [-0.3, -0.25) is 4.79 Å². The Morgan fingerprint density at radius 2 is 1.90 bits per heavy atom. The van der Waals surface area contributed by atoms with E-state index in [2.05, 4.69) is 54.9 Å². The van der Waals surface area contributed by atoms with Gasteiger partial charge in [0.05, 0.1) is 18.5 Å². The van der Waals surface area contributed by atoms with Crippen LogP contribution in [0.2, 0.25) is 0 Å². The molecule has 2 aliphatic heterocycles. The number of hydrogen-bond donors (Lipinski definition) is 1. The number of phenols is 1. The van der Waals surface area contributed by atoms with Crippen molar-refractivity contribution in [3.05, 3.63) is 53.6 Å². The van der Waals surface area contributed by atoms with Crippen LogP contribution in [0.3, 0.4) is 0 Å². The van der Waals surface area contributed by atoms with Gasteiger partial charge in [-0.1, -0.05) is 62.9 Å². The Morgan fingerprint density at radius 3 is 2.65 bits per heavy atom. The topological polar surface area (TPSA) is 62.1 Å². The van der Waals surface area contributed by atoms with Crippen molar-refractivity contribution >= 4 is 22.8 Å². The van der Waals surface area contributed by atoms with Gasteiger partial charge in [-0.15, -0.1) is 0 Å². The molecular weight excluding hydrogens is 408 g/mol. The second kappa shape index (κ2) is 9.05. The van der Waals surface area contributed by atoms with Gasteiger partial charge in [0.25, 0.3) is 5.91 Å². The van der Waals surface area contributed by atoms with Crippen LogP contribution in [-0.4, -0.2) is 52.6 Å². The molecule has 1 saturated heterocycles. The number of amidine groups is 1. The second-order valence-electron chi connectivity index (χ2n) is 8.81. The zero-order valence-corrected chi connectivity index (χ0v) is 19.2. The monoisotopic (exact) mass is 438 g/mol. The SMILES string of the molecule is CCC(C)(C)c1cc(-c2cccc(CC3SC(N4CCOCC4)=NC3=O)c2)ccc1O. The number of carbonyl (C=O) groups is 1. The van der Waals surface area contributed by atoms with Crippen LogP contribution in [0.4, 0.5) is 0 Å². The maximum atomic E-state index is 12.5. The molecule has 164 valence electrons. The lowest BCUT2D eigenvalue weighted by Crippen LogP contribution is -2.39. The first kappa shape index (κ1) is 21.9. The average molecular weight is 439 g/mol. The summed E-state index contributed by atoms with van der Waals surface area (Å²) >= 11 is 1.57. The maximum Gasteiger partial charge on any atom is 0.262 e. The third-order valence-electron chi connectivity index (χ3n) is 6.30. The van der Waals surface area contributed by atoms with Crippen LogP contribution in [0, 0.1) is 0 Å². The normalized spacial score (nSPS) is 19.6. The number of benzene rings is 2. The molecule has 0 spiro atoms. The summed E-state index contributed by atoms with van der Waals surface area (Å²) in [5.74, 6) is 0.293. The highest BCUT2D eigenvalue weighted by Gasteiger charge is 2.32. The molecule has 1 atom stereocenters. The lowest BCUT2D eigenvalue weighted by atomic mass is 9.80. The molecule has 0 saturated carbocycles. The van der Waals surface area contributed by atoms with Crippen molar-refractivity contribution in [1.29, 1.82) is 0 Å². The highest BCUT2D eigenvalue weighted by atomic mass is 32.2. The van der Waals surface area contributed by atoms with Gasteiger partial charge in [-0.2, -0.15) is 4.99 Å². The van der Waals surface area contributed by atoms with Gasteiger partial charge < -0.3 is 14.7 Å². The number of morpholine rings is 1. The fraction of sp³-hybridized carbons (Fsp3) is 0.440.